The highest BCUT2D eigenvalue weighted by Gasteiger charge is 2.09. The predicted octanol–water partition coefficient (Wildman–Crippen LogP) is 4.16. The summed E-state index contributed by atoms with van der Waals surface area (Å²) in [5.41, 5.74) is 3.65. The van der Waals surface area contributed by atoms with E-state index in [0.717, 1.165) is 18.5 Å². The Kier molecular flexibility index (Phi) is 6.06. The molecule has 0 heterocycles. The Bertz CT molecular complexity index is 427. The Morgan fingerprint density at radius 1 is 1.33 bits per heavy atom. The van der Waals surface area contributed by atoms with Gasteiger partial charge in [-0.25, -0.2) is 0 Å². The zero-order valence-corrected chi connectivity index (χ0v) is 11.6. The first-order chi connectivity index (χ1) is 8.69. The second-order valence-corrected chi connectivity index (χ2v) is 4.48. The molecule has 0 spiro atoms. The SMILES string of the molecule is C=N/C=C(\C=NCCC)C(C)c1ccc(C)cc1. The number of aliphatic imine (C=N–C) groups is 2. The predicted molar refractivity (Wildman–Crippen MR) is 80.9 cm³/mol. The molecule has 0 radical (unpaired) electrons. The summed E-state index contributed by atoms with van der Waals surface area (Å²) >= 11 is 0. The van der Waals surface area contributed by atoms with Crippen LogP contribution in [0.25, 0.3) is 0 Å². The van der Waals surface area contributed by atoms with Crippen molar-refractivity contribution in [2.45, 2.75) is 33.1 Å². The highest BCUT2D eigenvalue weighted by atomic mass is 14.7. The summed E-state index contributed by atoms with van der Waals surface area (Å²) in [5.74, 6) is 0.289. The van der Waals surface area contributed by atoms with Gasteiger partial charge in [0, 0.05) is 24.9 Å². The van der Waals surface area contributed by atoms with Crippen LogP contribution in [0.1, 0.15) is 37.3 Å². The van der Waals surface area contributed by atoms with Gasteiger partial charge in [-0.3, -0.25) is 9.98 Å². The van der Waals surface area contributed by atoms with Crippen molar-refractivity contribution >= 4 is 12.9 Å². The van der Waals surface area contributed by atoms with Crippen molar-refractivity contribution in [1.29, 1.82) is 0 Å². The van der Waals surface area contributed by atoms with E-state index in [1.54, 1.807) is 6.20 Å². The number of benzene rings is 1. The number of hydrogen-bond acceptors (Lipinski definition) is 2. The van der Waals surface area contributed by atoms with Crippen molar-refractivity contribution < 1.29 is 0 Å². The topological polar surface area (TPSA) is 24.7 Å². The number of aryl methyl sites for hydroxylation is 1. The van der Waals surface area contributed by atoms with Crippen LogP contribution < -0.4 is 0 Å². The molecule has 18 heavy (non-hydrogen) atoms. The van der Waals surface area contributed by atoms with E-state index in [2.05, 4.69) is 61.7 Å². The molecule has 0 fully saturated rings. The highest BCUT2D eigenvalue weighted by molar-refractivity contribution is 5.80. The van der Waals surface area contributed by atoms with Gasteiger partial charge >= 0.3 is 0 Å². The van der Waals surface area contributed by atoms with E-state index in [9.17, 15) is 0 Å². The van der Waals surface area contributed by atoms with Gasteiger partial charge in [-0.05, 0) is 31.2 Å². The zero-order chi connectivity index (χ0) is 13.4. The van der Waals surface area contributed by atoms with Crippen LogP contribution in [0.2, 0.25) is 0 Å². The molecule has 1 aromatic carbocycles. The van der Waals surface area contributed by atoms with Crippen molar-refractivity contribution in [3.05, 3.63) is 47.2 Å². The van der Waals surface area contributed by atoms with E-state index in [1.165, 1.54) is 11.1 Å². The smallest absolute Gasteiger partial charge is 0.0386 e. The molecule has 0 aliphatic carbocycles. The lowest BCUT2D eigenvalue weighted by atomic mass is 9.93. The van der Waals surface area contributed by atoms with E-state index in [1.807, 2.05) is 6.21 Å². The van der Waals surface area contributed by atoms with Crippen molar-refractivity contribution in [1.82, 2.24) is 0 Å². The Morgan fingerprint density at radius 2 is 2.00 bits per heavy atom. The number of hydrogen-bond donors (Lipinski definition) is 0. The van der Waals surface area contributed by atoms with Crippen LogP contribution in [0, 0.1) is 6.92 Å². The summed E-state index contributed by atoms with van der Waals surface area (Å²) in [5, 5.41) is 0. The molecule has 96 valence electrons. The Hall–Kier alpha value is -1.70. The van der Waals surface area contributed by atoms with Crippen molar-refractivity contribution in [3.63, 3.8) is 0 Å². The summed E-state index contributed by atoms with van der Waals surface area (Å²) in [6.45, 7) is 10.8. The summed E-state index contributed by atoms with van der Waals surface area (Å²) in [7, 11) is 0. The first-order valence-electron chi connectivity index (χ1n) is 6.41. The lowest BCUT2D eigenvalue weighted by Gasteiger charge is -2.12. The molecule has 0 saturated heterocycles. The summed E-state index contributed by atoms with van der Waals surface area (Å²) < 4.78 is 0. The van der Waals surface area contributed by atoms with Gasteiger partial charge in [0.2, 0.25) is 0 Å². The van der Waals surface area contributed by atoms with Crippen molar-refractivity contribution in [2.75, 3.05) is 6.54 Å². The third-order valence-electron chi connectivity index (χ3n) is 2.91. The Labute approximate surface area is 110 Å². The molecule has 0 aromatic heterocycles. The van der Waals surface area contributed by atoms with Gasteiger partial charge in [0.25, 0.3) is 0 Å². The fraction of sp³-hybridized carbons (Fsp3) is 0.375. The molecule has 0 amide bonds. The summed E-state index contributed by atoms with van der Waals surface area (Å²) in [6, 6.07) is 8.58. The average Bonchev–Trinajstić information content (AvgIpc) is 2.38. The first kappa shape index (κ1) is 14.4. The molecule has 1 unspecified atom stereocenters. The van der Waals surface area contributed by atoms with Crippen LogP contribution >= 0.6 is 0 Å². The minimum absolute atomic E-state index is 0.289. The molecule has 1 atom stereocenters. The molecular weight excluding hydrogens is 220 g/mol. The fourth-order valence-electron chi connectivity index (χ4n) is 1.71. The molecule has 0 bridgehead atoms. The second kappa shape index (κ2) is 7.59. The Balaban J connectivity index is 2.89. The third-order valence-corrected chi connectivity index (χ3v) is 2.91. The maximum Gasteiger partial charge on any atom is 0.0386 e. The van der Waals surface area contributed by atoms with Crippen LogP contribution in [0.3, 0.4) is 0 Å². The monoisotopic (exact) mass is 242 g/mol. The third kappa shape index (κ3) is 4.28. The van der Waals surface area contributed by atoms with E-state index in [4.69, 9.17) is 0 Å². The minimum Gasteiger partial charge on any atom is -0.293 e. The quantitative estimate of drug-likeness (QED) is 0.669. The van der Waals surface area contributed by atoms with E-state index < -0.39 is 0 Å². The molecule has 2 heteroatoms. The van der Waals surface area contributed by atoms with Gasteiger partial charge in [0.05, 0.1) is 0 Å². The van der Waals surface area contributed by atoms with Gasteiger partial charge in [0.1, 0.15) is 0 Å². The summed E-state index contributed by atoms with van der Waals surface area (Å²) in [4.78, 5) is 8.27. The Morgan fingerprint density at radius 3 is 2.56 bits per heavy atom. The van der Waals surface area contributed by atoms with E-state index in [-0.39, 0.29) is 5.92 Å². The van der Waals surface area contributed by atoms with Gasteiger partial charge < -0.3 is 0 Å². The van der Waals surface area contributed by atoms with Gasteiger partial charge in [-0.2, -0.15) is 0 Å². The second-order valence-electron chi connectivity index (χ2n) is 4.48. The molecule has 0 N–H and O–H groups in total. The van der Waals surface area contributed by atoms with Crippen LogP contribution in [0.4, 0.5) is 0 Å². The molecule has 1 aromatic rings. The van der Waals surface area contributed by atoms with Gasteiger partial charge in [0.15, 0.2) is 0 Å². The highest BCUT2D eigenvalue weighted by Crippen LogP contribution is 2.23. The maximum atomic E-state index is 4.39. The van der Waals surface area contributed by atoms with Gasteiger partial charge in [-0.1, -0.05) is 43.7 Å². The standard InChI is InChI=1S/C16H22N2/c1-5-10-18-12-16(11-17-4)14(3)15-8-6-13(2)7-9-15/h6-9,11-12,14H,4-5,10H2,1-3H3/b16-11+,18-12?. The minimum atomic E-state index is 0.289. The lowest BCUT2D eigenvalue weighted by molar-refractivity contribution is 0.913. The van der Waals surface area contributed by atoms with Crippen molar-refractivity contribution in [2.24, 2.45) is 9.98 Å². The first-order valence-corrected chi connectivity index (χ1v) is 6.41. The molecule has 1 rings (SSSR count). The zero-order valence-electron chi connectivity index (χ0n) is 11.6. The molecule has 2 nitrogen and oxygen atoms in total. The number of rotatable bonds is 6. The van der Waals surface area contributed by atoms with Gasteiger partial charge in [-0.15, -0.1) is 0 Å². The van der Waals surface area contributed by atoms with E-state index >= 15 is 0 Å². The van der Waals surface area contributed by atoms with Crippen LogP contribution in [0.5, 0.6) is 0 Å². The maximum absolute atomic E-state index is 4.39. The largest absolute Gasteiger partial charge is 0.293 e. The fourth-order valence-corrected chi connectivity index (χ4v) is 1.71. The normalized spacial score (nSPS) is 13.8. The number of allylic oxidation sites excluding steroid dienone is 1. The molecular formula is C16H22N2. The van der Waals surface area contributed by atoms with E-state index in [0.29, 0.717) is 0 Å². The van der Waals surface area contributed by atoms with Crippen LogP contribution in [-0.4, -0.2) is 19.5 Å². The average molecular weight is 242 g/mol. The molecule has 0 aliphatic rings. The number of nitrogens with zero attached hydrogens (tertiary/aromatic N) is 2. The summed E-state index contributed by atoms with van der Waals surface area (Å²) in [6.07, 6.45) is 4.77. The van der Waals surface area contributed by atoms with Crippen LogP contribution in [-0.2, 0) is 0 Å². The van der Waals surface area contributed by atoms with Crippen LogP contribution in [0.15, 0.2) is 46.0 Å². The molecule has 0 saturated carbocycles. The molecule has 0 aliphatic heterocycles. The lowest BCUT2D eigenvalue weighted by Crippen LogP contribution is -2.00. The van der Waals surface area contributed by atoms with Crippen molar-refractivity contribution in [3.8, 4) is 0 Å².